The number of carbonyl (C=O) groups is 1. The number of benzene rings is 1. The minimum Gasteiger partial charge on any atom is -0.497 e. The second-order valence-corrected chi connectivity index (χ2v) is 8.53. The number of aromatic nitrogens is 3. The maximum absolute atomic E-state index is 12.8. The van der Waals surface area contributed by atoms with Gasteiger partial charge >= 0.3 is 0 Å². The van der Waals surface area contributed by atoms with Crippen LogP contribution in [0.25, 0.3) is 0 Å². The van der Waals surface area contributed by atoms with E-state index < -0.39 is 15.9 Å². The fraction of sp³-hybridized carbons (Fsp3) is 0.167. The molecular formula is C18H17BrN4O4S. The van der Waals surface area contributed by atoms with Crippen LogP contribution >= 0.6 is 15.9 Å². The zero-order valence-electron chi connectivity index (χ0n) is 15.1. The Morgan fingerprint density at radius 1 is 1.25 bits per heavy atom. The van der Waals surface area contributed by atoms with Gasteiger partial charge in [0, 0.05) is 23.1 Å². The van der Waals surface area contributed by atoms with Gasteiger partial charge in [-0.15, -0.1) is 0 Å². The lowest BCUT2D eigenvalue weighted by Gasteiger charge is -2.09. The summed E-state index contributed by atoms with van der Waals surface area (Å²) < 4.78 is 32.1. The molecule has 0 aliphatic carbocycles. The Balaban J connectivity index is 1.77. The van der Waals surface area contributed by atoms with Crippen molar-refractivity contribution in [2.75, 3.05) is 7.11 Å². The summed E-state index contributed by atoms with van der Waals surface area (Å²) in [5.74, 6) is 0.114. The van der Waals surface area contributed by atoms with Crippen molar-refractivity contribution >= 4 is 31.9 Å². The van der Waals surface area contributed by atoms with Crippen LogP contribution in [0.4, 0.5) is 0 Å². The van der Waals surface area contributed by atoms with Gasteiger partial charge < -0.3 is 10.1 Å². The summed E-state index contributed by atoms with van der Waals surface area (Å²) in [5, 5.41) is 2.69. The number of nitrogens with zero attached hydrogens (tertiary/aromatic N) is 3. The molecule has 0 atom stereocenters. The monoisotopic (exact) mass is 464 g/mol. The lowest BCUT2D eigenvalue weighted by atomic mass is 10.3. The molecule has 1 aromatic carbocycles. The highest BCUT2D eigenvalue weighted by atomic mass is 79.9. The number of aryl methyl sites for hydroxylation is 1. The molecule has 146 valence electrons. The summed E-state index contributed by atoms with van der Waals surface area (Å²) in [5.41, 5.74) is 1.60. The summed E-state index contributed by atoms with van der Waals surface area (Å²) in [6, 6.07) is 5.99. The fourth-order valence-electron chi connectivity index (χ4n) is 2.38. The van der Waals surface area contributed by atoms with Crippen molar-refractivity contribution in [3.05, 3.63) is 70.5 Å². The number of ether oxygens (including phenoxy) is 1. The second kappa shape index (κ2) is 8.11. The normalized spacial score (nSPS) is 11.2. The van der Waals surface area contributed by atoms with Crippen molar-refractivity contribution in [2.45, 2.75) is 18.4 Å². The quantitative estimate of drug-likeness (QED) is 0.600. The van der Waals surface area contributed by atoms with Crippen LogP contribution in [-0.4, -0.2) is 35.4 Å². The first-order valence-corrected chi connectivity index (χ1v) is 10.4. The van der Waals surface area contributed by atoms with E-state index in [-0.39, 0.29) is 17.0 Å². The lowest BCUT2D eigenvalue weighted by Crippen LogP contribution is -2.23. The molecule has 0 fully saturated rings. The molecule has 0 bridgehead atoms. The van der Waals surface area contributed by atoms with E-state index in [0.29, 0.717) is 15.9 Å². The maximum atomic E-state index is 12.8. The molecule has 3 rings (SSSR count). The molecule has 2 heterocycles. The van der Waals surface area contributed by atoms with E-state index in [2.05, 4.69) is 31.2 Å². The van der Waals surface area contributed by atoms with E-state index in [0.717, 1.165) is 9.67 Å². The van der Waals surface area contributed by atoms with Crippen molar-refractivity contribution in [3.8, 4) is 5.75 Å². The largest absolute Gasteiger partial charge is 0.497 e. The summed E-state index contributed by atoms with van der Waals surface area (Å²) in [4.78, 5) is 20.6. The van der Waals surface area contributed by atoms with Crippen molar-refractivity contribution in [1.82, 2.24) is 19.3 Å². The van der Waals surface area contributed by atoms with Crippen LogP contribution in [0.1, 0.15) is 21.7 Å². The van der Waals surface area contributed by atoms with E-state index >= 15 is 0 Å². The van der Waals surface area contributed by atoms with Gasteiger partial charge in [-0.25, -0.2) is 12.4 Å². The molecule has 0 saturated heterocycles. The second-order valence-electron chi connectivity index (χ2n) is 5.86. The zero-order chi connectivity index (χ0) is 20.3. The van der Waals surface area contributed by atoms with Crippen LogP contribution in [-0.2, 0) is 16.6 Å². The van der Waals surface area contributed by atoms with Gasteiger partial charge in [-0.2, -0.15) is 0 Å². The van der Waals surface area contributed by atoms with Crippen LogP contribution in [0, 0.1) is 6.92 Å². The van der Waals surface area contributed by atoms with Gasteiger partial charge in [0.05, 0.1) is 36.8 Å². The van der Waals surface area contributed by atoms with Crippen molar-refractivity contribution in [3.63, 3.8) is 0 Å². The molecule has 0 spiro atoms. The molecular weight excluding hydrogens is 448 g/mol. The van der Waals surface area contributed by atoms with Crippen LogP contribution in [0.3, 0.4) is 0 Å². The number of hydrogen-bond acceptors (Lipinski definition) is 6. The highest BCUT2D eigenvalue weighted by Crippen LogP contribution is 2.28. The first-order valence-electron chi connectivity index (χ1n) is 8.14. The minimum absolute atomic E-state index is 0.0609. The Labute approximate surface area is 170 Å². The van der Waals surface area contributed by atoms with Gasteiger partial charge in [0.25, 0.3) is 15.9 Å². The molecule has 2 aromatic heterocycles. The number of carbonyl (C=O) groups excluding carboxylic acids is 1. The third kappa shape index (κ3) is 4.23. The molecule has 1 N–H and O–H groups in total. The van der Waals surface area contributed by atoms with Crippen LogP contribution in [0.15, 0.2) is 58.4 Å². The predicted molar refractivity (Wildman–Crippen MR) is 106 cm³/mol. The van der Waals surface area contributed by atoms with E-state index in [1.807, 2.05) is 6.92 Å². The molecule has 3 aromatic rings. The summed E-state index contributed by atoms with van der Waals surface area (Å²) >= 11 is 3.25. The molecule has 0 saturated carbocycles. The van der Waals surface area contributed by atoms with Gasteiger partial charge in [-0.1, -0.05) is 0 Å². The number of hydrogen-bond donors (Lipinski definition) is 1. The number of methoxy groups -OCH3 is 1. The third-order valence-electron chi connectivity index (χ3n) is 3.89. The van der Waals surface area contributed by atoms with E-state index in [1.165, 1.54) is 31.6 Å². The molecule has 0 aliphatic rings. The summed E-state index contributed by atoms with van der Waals surface area (Å²) in [6.07, 6.45) is 5.78. The molecule has 28 heavy (non-hydrogen) atoms. The van der Waals surface area contributed by atoms with Gasteiger partial charge in [0.15, 0.2) is 0 Å². The molecule has 0 radical (unpaired) electrons. The highest BCUT2D eigenvalue weighted by molar-refractivity contribution is 9.10. The third-order valence-corrected chi connectivity index (χ3v) is 6.50. The molecule has 8 nitrogen and oxygen atoms in total. The topological polar surface area (TPSA) is 103 Å². The van der Waals surface area contributed by atoms with Gasteiger partial charge in [-0.3, -0.25) is 14.8 Å². The highest BCUT2D eigenvalue weighted by Gasteiger charge is 2.21. The Kier molecular flexibility index (Phi) is 5.80. The first kappa shape index (κ1) is 20.0. The van der Waals surface area contributed by atoms with Crippen molar-refractivity contribution in [1.29, 1.82) is 0 Å². The van der Waals surface area contributed by atoms with E-state index in [4.69, 9.17) is 4.74 Å². The van der Waals surface area contributed by atoms with Gasteiger partial charge in [0.1, 0.15) is 10.6 Å². The molecule has 0 aliphatic heterocycles. The zero-order valence-corrected chi connectivity index (χ0v) is 17.5. The average molecular weight is 465 g/mol. The number of nitrogens with one attached hydrogen (secondary N) is 1. The molecule has 1 amide bonds. The van der Waals surface area contributed by atoms with Crippen LogP contribution in [0.5, 0.6) is 5.75 Å². The van der Waals surface area contributed by atoms with Crippen molar-refractivity contribution in [2.24, 2.45) is 0 Å². The van der Waals surface area contributed by atoms with Crippen LogP contribution < -0.4 is 10.1 Å². The molecule has 0 unspecified atom stereocenters. The average Bonchev–Trinajstić information content (AvgIpc) is 3.18. The number of halogens is 1. The minimum atomic E-state index is -3.87. The predicted octanol–water partition coefficient (Wildman–Crippen LogP) is 2.52. The number of rotatable bonds is 6. The SMILES string of the molecule is COc1ccc(S(=O)(=O)n2ccc(C(=O)NCc3cnc(C)cn3)c2)c(Br)c1. The fourth-order valence-corrected chi connectivity index (χ4v) is 4.59. The number of amides is 1. The Hall–Kier alpha value is -2.72. The summed E-state index contributed by atoms with van der Waals surface area (Å²) in [6.45, 7) is 2.01. The van der Waals surface area contributed by atoms with E-state index in [1.54, 1.807) is 24.5 Å². The Morgan fingerprint density at radius 3 is 2.68 bits per heavy atom. The first-order chi connectivity index (χ1) is 13.3. The summed E-state index contributed by atoms with van der Waals surface area (Å²) in [7, 11) is -2.37. The maximum Gasteiger partial charge on any atom is 0.268 e. The van der Waals surface area contributed by atoms with Gasteiger partial charge in [0.2, 0.25) is 0 Å². The smallest absolute Gasteiger partial charge is 0.268 e. The molecule has 10 heteroatoms. The standard InChI is InChI=1S/C18H17BrN4O4S/c1-12-8-21-14(9-20-12)10-22-18(24)13-5-6-23(11-13)28(25,26)17-4-3-15(27-2)7-16(17)19/h3-9,11H,10H2,1-2H3,(H,22,24). The van der Waals surface area contributed by atoms with E-state index in [9.17, 15) is 13.2 Å². The Bertz CT molecular complexity index is 1110. The Morgan fingerprint density at radius 2 is 2.04 bits per heavy atom. The van der Waals surface area contributed by atoms with Crippen LogP contribution in [0.2, 0.25) is 0 Å². The lowest BCUT2D eigenvalue weighted by molar-refractivity contribution is 0.0950. The van der Waals surface area contributed by atoms with Crippen molar-refractivity contribution < 1.29 is 17.9 Å². The van der Waals surface area contributed by atoms with Gasteiger partial charge in [-0.05, 0) is 47.1 Å².